The van der Waals surface area contributed by atoms with Crippen LogP contribution in [0.1, 0.15) is 28.7 Å². The number of anilines is 1. The van der Waals surface area contributed by atoms with Gasteiger partial charge in [0.2, 0.25) is 11.7 Å². The van der Waals surface area contributed by atoms with E-state index in [1.54, 1.807) is 30.3 Å². The second-order valence-corrected chi connectivity index (χ2v) is 7.33. The minimum Gasteiger partial charge on any atom is -0.330 e. The number of carbonyl (C=O) groups excluding carboxylic acids is 2. The summed E-state index contributed by atoms with van der Waals surface area (Å²) in [5.74, 6) is -1.33. The minimum absolute atomic E-state index is 0.0484. The molecule has 0 saturated heterocycles. The first-order chi connectivity index (χ1) is 15.0. The molecule has 2 aromatic carbocycles. The van der Waals surface area contributed by atoms with E-state index in [4.69, 9.17) is 0 Å². The van der Waals surface area contributed by atoms with Gasteiger partial charge in [0.1, 0.15) is 12.4 Å². The molecule has 4 rings (SSSR count). The lowest BCUT2D eigenvalue weighted by molar-refractivity contribution is -0.117. The van der Waals surface area contributed by atoms with Crippen LogP contribution in [0.5, 0.6) is 0 Å². The number of halogens is 1. The van der Waals surface area contributed by atoms with Gasteiger partial charge in [0.25, 0.3) is 5.91 Å². The number of hydrogen-bond donors (Lipinski definition) is 1. The van der Waals surface area contributed by atoms with Crippen molar-refractivity contribution in [2.45, 2.75) is 33.0 Å². The van der Waals surface area contributed by atoms with E-state index >= 15 is 0 Å². The Morgan fingerprint density at radius 3 is 2.55 bits per heavy atom. The Morgan fingerprint density at radius 1 is 1.10 bits per heavy atom. The van der Waals surface area contributed by atoms with E-state index in [1.165, 1.54) is 15.5 Å². The van der Waals surface area contributed by atoms with Crippen LogP contribution < -0.4 is 11.0 Å². The molecule has 0 saturated carbocycles. The van der Waals surface area contributed by atoms with Gasteiger partial charge in [-0.15, -0.1) is 5.10 Å². The normalized spacial score (nSPS) is 13.2. The van der Waals surface area contributed by atoms with Gasteiger partial charge in [-0.25, -0.2) is 13.9 Å². The predicted molar refractivity (Wildman–Crippen MR) is 112 cm³/mol. The first-order valence-electron chi connectivity index (χ1n) is 10.1. The SMILES string of the molecule is CCc1ccc(NC(=O)Cn2nc3n(c2=O)CCN(Cc2ccccc2F)C3=O)cc1. The number of amides is 2. The molecule has 0 atom stereocenters. The molecule has 2 heterocycles. The van der Waals surface area contributed by atoms with E-state index in [9.17, 15) is 18.8 Å². The molecule has 1 aliphatic rings. The van der Waals surface area contributed by atoms with Crippen LogP contribution in [0, 0.1) is 5.82 Å². The average molecular weight is 423 g/mol. The van der Waals surface area contributed by atoms with Crippen LogP contribution in [0.25, 0.3) is 0 Å². The molecule has 0 bridgehead atoms. The Hall–Kier alpha value is -3.75. The molecule has 1 aliphatic heterocycles. The van der Waals surface area contributed by atoms with E-state index in [0.717, 1.165) is 16.7 Å². The number of hydrogen-bond acceptors (Lipinski definition) is 4. The van der Waals surface area contributed by atoms with Crippen molar-refractivity contribution in [1.29, 1.82) is 0 Å². The van der Waals surface area contributed by atoms with Gasteiger partial charge in [-0.2, -0.15) is 0 Å². The Morgan fingerprint density at radius 2 is 1.84 bits per heavy atom. The van der Waals surface area contributed by atoms with Gasteiger partial charge >= 0.3 is 5.69 Å². The summed E-state index contributed by atoms with van der Waals surface area (Å²) in [5, 5.41) is 6.80. The minimum atomic E-state index is -0.523. The highest BCUT2D eigenvalue weighted by molar-refractivity contribution is 5.92. The number of fused-ring (bicyclic) bond motifs is 1. The molecule has 31 heavy (non-hydrogen) atoms. The van der Waals surface area contributed by atoms with Gasteiger partial charge in [-0.3, -0.25) is 14.2 Å². The summed E-state index contributed by atoms with van der Waals surface area (Å²) in [6.07, 6.45) is 0.895. The summed E-state index contributed by atoms with van der Waals surface area (Å²) < 4.78 is 16.2. The molecule has 160 valence electrons. The highest BCUT2D eigenvalue weighted by atomic mass is 19.1. The zero-order valence-electron chi connectivity index (χ0n) is 17.0. The van der Waals surface area contributed by atoms with Gasteiger partial charge in [0.05, 0.1) is 0 Å². The Balaban J connectivity index is 1.47. The van der Waals surface area contributed by atoms with Crippen molar-refractivity contribution in [2.24, 2.45) is 0 Å². The maximum atomic E-state index is 13.9. The number of nitrogens with zero attached hydrogens (tertiary/aromatic N) is 4. The van der Waals surface area contributed by atoms with Crippen LogP contribution in [-0.4, -0.2) is 37.6 Å². The van der Waals surface area contributed by atoms with E-state index in [0.29, 0.717) is 11.3 Å². The molecule has 0 spiro atoms. The van der Waals surface area contributed by atoms with Gasteiger partial charge in [-0.05, 0) is 30.2 Å². The van der Waals surface area contributed by atoms with Crippen LogP contribution >= 0.6 is 0 Å². The molecule has 1 aromatic heterocycles. The molecule has 0 aliphatic carbocycles. The largest absolute Gasteiger partial charge is 0.346 e. The lowest BCUT2D eigenvalue weighted by Gasteiger charge is -2.26. The third-order valence-corrected chi connectivity index (χ3v) is 5.25. The molecule has 0 radical (unpaired) electrons. The molecule has 0 unspecified atom stereocenters. The van der Waals surface area contributed by atoms with Gasteiger partial charge in [-0.1, -0.05) is 37.3 Å². The summed E-state index contributed by atoms with van der Waals surface area (Å²) >= 11 is 0. The van der Waals surface area contributed by atoms with Gasteiger partial charge in [0, 0.05) is 30.9 Å². The van der Waals surface area contributed by atoms with E-state index < -0.39 is 23.3 Å². The van der Waals surface area contributed by atoms with Crippen molar-refractivity contribution in [3.05, 3.63) is 81.8 Å². The lowest BCUT2D eigenvalue weighted by atomic mass is 10.1. The number of benzene rings is 2. The summed E-state index contributed by atoms with van der Waals surface area (Å²) in [6.45, 7) is 2.30. The Kier molecular flexibility index (Phi) is 5.66. The molecule has 8 nitrogen and oxygen atoms in total. The van der Waals surface area contributed by atoms with Crippen LogP contribution in [0.3, 0.4) is 0 Å². The van der Waals surface area contributed by atoms with Crippen molar-refractivity contribution in [1.82, 2.24) is 19.2 Å². The van der Waals surface area contributed by atoms with Gasteiger partial charge in [0.15, 0.2) is 0 Å². The van der Waals surface area contributed by atoms with Crippen LogP contribution in [0.15, 0.2) is 53.3 Å². The van der Waals surface area contributed by atoms with Gasteiger partial charge < -0.3 is 10.2 Å². The molecule has 1 N–H and O–H groups in total. The lowest BCUT2D eigenvalue weighted by Crippen LogP contribution is -2.42. The standard InChI is InChI=1S/C22H22FN5O3/c1-2-15-7-9-17(10-8-15)24-19(29)14-28-22(31)27-12-11-26(21(30)20(27)25-28)13-16-5-3-4-6-18(16)23/h3-10H,2,11-14H2,1H3,(H,24,29). The summed E-state index contributed by atoms with van der Waals surface area (Å²) in [7, 11) is 0. The second-order valence-electron chi connectivity index (χ2n) is 7.33. The zero-order valence-corrected chi connectivity index (χ0v) is 17.0. The number of aryl methyl sites for hydroxylation is 1. The molecular formula is C22H22FN5O3. The fourth-order valence-electron chi connectivity index (χ4n) is 3.51. The van der Waals surface area contributed by atoms with Crippen molar-refractivity contribution < 1.29 is 14.0 Å². The first-order valence-corrected chi connectivity index (χ1v) is 10.1. The molecule has 3 aromatic rings. The Bertz CT molecular complexity index is 1180. The quantitative estimate of drug-likeness (QED) is 0.657. The molecule has 9 heteroatoms. The Labute approximate surface area is 177 Å². The second kappa shape index (κ2) is 8.55. The topological polar surface area (TPSA) is 89.2 Å². The maximum Gasteiger partial charge on any atom is 0.346 e. The van der Waals surface area contributed by atoms with E-state index in [1.807, 2.05) is 19.1 Å². The van der Waals surface area contributed by atoms with Crippen molar-refractivity contribution in [2.75, 3.05) is 11.9 Å². The summed E-state index contributed by atoms with van der Waals surface area (Å²) in [4.78, 5) is 39.2. The average Bonchev–Trinajstić information content (AvgIpc) is 3.08. The number of nitrogens with one attached hydrogen (secondary N) is 1. The number of aromatic nitrogens is 3. The van der Waals surface area contributed by atoms with Crippen molar-refractivity contribution in [3.8, 4) is 0 Å². The fraction of sp³-hybridized carbons (Fsp3) is 0.273. The van der Waals surface area contributed by atoms with Crippen LogP contribution in [0.2, 0.25) is 0 Å². The zero-order chi connectivity index (χ0) is 22.0. The van der Waals surface area contributed by atoms with E-state index in [2.05, 4.69) is 10.4 Å². The number of carbonyl (C=O) groups is 2. The van der Waals surface area contributed by atoms with Crippen molar-refractivity contribution in [3.63, 3.8) is 0 Å². The molecular weight excluding hydrogens is 401 g/mol. The predicted octanol–water partition coefficient (Wildman–Crippen LogP) is 2.04. The van der Waals surface area contributed by atoms with Crippen molar-refractivity contribution >= 4 is 17.5 Å². The van der Waals surface area contributed by atoms with Crippen LogP contribution in [-0.2, 0) is 30.8 Å². The maximum absolute atomic E-state index is 13.9. The molecule has 2 amide bonds. The monoisotopic (exact) mass is 423 g/mol. The fourth-order valence-corrected chi connectivity index (χ4v) is 3.51. The molecule has 0 fully saturated rings. The smallest absolute Gasteiger partial charge is 0.330 e. The highest BCUT2D eigenvalue weighted by Gasteiger charge is 2.30. The van der Waals surface area contributed by atoms with E-state index in [-0.39, 0.29) is 32.0 Å². The summed E-state index contributed by atoms with van der Waals surface area (Å²) in [6, 6.07) is 13.7. The third-order valence-electron chi connectivity index (χ3n) is 5.25. The number of rotatable bonds is 6. The summed E-state index contributed by atoms with van der Waals surface area (Å²) in [5.41, 5.74) is 1.63. The highest BCUT2D eigenvalue weighted by Crippen LogP contribution is 2.15. The first kappa shape index (κ1) is 20.5. The third kappa shape index (κ3) is 4.25. The van der Waals surface area contributed by atoms with Crippen LogP contribution in [0.4, 0.5) is 10.1 Å².